The molecule has 1 spiro atoms. The molecule has 5 nitrogen and oxygen atoms in total. The van der Waals surface area contributed by atoms with Gasteiger partial charge >= 0.3 is 6.09 Å². The second-order valence-corrected chi connectivity index (χ2v) is 7.12. The van der Waals surface area contributed by atoms with Crippen LogP contribution in [-0.4, -0.2) is 48.4 Å². The van der Waals surface area contributed by atoms with Gasteiger partial charge in [0.1, 0.15) is 13.3 Å². The van der Waals surface area contributed by atoms with Gasteiger partial charge in [0.15, 0.2) is 0 Å². The number of halogens is 1. The number of piperidine rings is 1. The number of alkyl carbamates (subject to hydrolysis) is 1. The summed E-state index contributed by atoms with van der Waals surface area (Å²) >= 11 is 0. The molecule has 0 atom stereocenters. The monoisotopic (exact) mass is 335 g/mol. The molecule has 2 fully saturated rings. The number of hydrogen-bond donors (Lipinski definition) is 1. The molecular weight excluding hydrogens is 309 g/mol. The minimum atomic E-state index is -0.631. The van der Waals surface area contributed by atoms with E-state index in [2.05, 4.69) is 28.2 Å². The van der Waals surface area contributed by atoms with Crippen LogP contribution in [0.5, 0.6) is 0 Å². The Labute approximate surface area is 142 Å². The van der Waals surface area contributed by atoms with E-state index in [4.69, 9.17) is 4.74 Å². The molecule has 6 heteroatoms. The number of carbonyl (C=O) groups is 1. The Hall–Kier alpha value is -1.69. The fourth-order valence-corrected chi connectivity index (χ4v) is 3.92. The molecule has 24 heavy (non-hydrogen) atoms. The highest BCUT2D eigenvalue weighted by atomic mass is 19.1. The molecule has 0 radical (unpaired) electrons. The van der Waals surface area contributed by atoms with Crippen molar-refractivity contribution in [3.8, 4) is 0 Å². The van der Waals surface area contributed by atoms with Gasteiger partial charge in [-0.15, -0.1) is 0 Å². The van der Waals surface area contributed by atoms with Gasteiger partial charge in [-0.3, -0.25) is 9.88 Å². The number of amides is 1. The van der Waals surface area contributed by atoms with Crippen LogP contribution in [0.15, 0.2) is 18.3 Å². The van der Waals surface area contributed by atoms with Crippen molar-refractivity contribution in [2.75, 3.05) is 26.4 Å². The summed E-state index contributed by atoms with van der Waals surface area (Å²) in [5.74, 6) is 0. The Morgan fingerprint density at radius 3 is 2.88 bits per heavy atom. The maximum atomic E-state index is 12.0. The second-order valence-electron chi connectivity index (χ2n) is 7.12. The molecule has 3 rings (SSSR count). The van der Waals surface area contributed by atoms with Gasteiger partial charge in [0, 0.05) is 18.8 Å². The lowest BCUT2D eigenvalue weighted by Gasteiger charge is -2.52. The molecule has 1 aliphatic carbocycles. The number of carbonyl (C=O) groups excluding carboxylic acids is 1. The first-order valence-corrected chi connectivity index (χ1v) is 8.72. The highest BCUT2D eigenvalue weighted by molar-refractivity contribution is 5.67. The van der Waals surface area contributed by atoms with Gasteiger partial charge in [0.05, 0.1) is 5.69 Å². The molecule has 1 aromatic rings. The zero-order chi connectivity index (χ0) is 17.0. The predicted octanol–water partition coefficient (Wildman–Crippen LogP) is 2.83. The fraction of sp³-hybridized carbons (Fsp3) is 0.667. The van der Waals surface area contributed by atoms with Gasteiger partial charge < -0.3 is 10.1 Å². The van der Waals surface area contributed by atoms with Crippen molar-refractivity contribution < 1.29 is 13.9 Å². The minimum absolute atomic E-state index is 0.161. The number of aryl methyl sites for hydroxylation is 1. The number of rotatable bonds is 5. The van der Waals surface area contributed by atoms with Crippen molar-refractivity contribution in [3.05, 3.63) is 29.6 Å². The van der Waals surface area contributed by atoms with Crippen LogP contribution in [0.3, 0.4) is 0 Å². The number of pyridine rings is 1. The van der Waals surface area contributed by atoms with Crippen LogP contribution in [0.1, 0.15) is 36.9 Å². The summed E-state index contributed by atoms with van der Waals surface area (Å²) in [5, 5.41) is 2.83. The first-order valence-electron chi connectivity index (χ1n) is 8.72. The summed E-state index contributed by atoms with van der Waals surface area (Å²) in [6.45, 7) is 4.39. The van der Waals surface area contributed by atoms with Crippen molar-refractivity contribution in [3.63, 3.8) is 0 Å². The molecule has 1 aromatic heterocycles. The SMILES string of the molecule is Cc1cccnc1CN1CCC2(CC1)CC(NC(=O)OCCF)C2. The molecular formula is C18H26FN3O2. The van der Waals surface area contributed by atoms with Crippen molar-refractivity contribution in [2.45, 2.75) is 45.2 Å². The Balaban J connectivity index is 1.40. The number of nitrogens with zero attached hydrogens (tertiary/aromatic N) is 2. The van der Waals surface area contributed by atoms with Crippen molar-refractivity contribution >= 4 is 6.09 Å². The molecule has 2 aliphatic rings. The summed E-state index contributed by atoms with van der Waals surface area (Å²) in [5.41, 5.74) is 2.78. The number of aromatic nitrogens is 1. The van der Waals surface area contributed by atoms with E-state index in [0.717, 1.165) is 51.0 Å². The van der Waals surface area contributed by atoms with Crippen LogP contribution >= 0.6 is 0 Å². The van der Waals surface area contributed by atoms with Crippen molar-refractivity contribution in [1.82, 2.24) is 15.2 Å². The molecule has 0 aromatic carbocycles. The van der Waals surface area contributed by atoms with Crippen LogP contribution in [0, 0.1) is 12.3 Å². The van der Waals surface area contributed by atoms with Crippen LogP contribution in [0.25, 0.3) is 0 Å². The molecule has 1 amide bonds. The molecule has 132 valence electrons. The van der Waals surface area contributed by atoms with E-state index >= 15 is 0 Å². The number of alkyl halides is 1. The molecule has 1 N–H and O–H groups in total. The smallest absolute Gasteiger partial charge is 0.407 e. The quantitative estimate of drug-likeness (QED) is 0.899. The van der Waals surface area contributed by atoms with E-state index < -0.39 is 12.8 Å². The largest absolute Gasteiger partial charge is 0.447 e. The maximum absolute atomic E-state index is 12.0. The lowest BCUT2D eigenvalue weighted by molar-refractivity contribution is 0.00280. The minimum Gasteiger partial charge on any atom is -0.447 e. The van der Waals surface area contributed by atoms with E-state index in [1.807, 2.05) is 12.3 Å². The Bertz CT molecular complexity index is 565. The normalized spacial score (nSPS) is 20.6. The van der Waals surface area contributed by atoms with Gasteiger partial charge in [-0.25, -0.2) is 9.18 Å². The molecule has 1 saturated carbocycles. The standard InChI is InChI=1S/C18H26FN3O2/c1-14-3-2-7-20-16(14)13-22-8-4-18(5-9-22)11-15(12-18)21-17(23)24-10-6-19/h2-3,7,15H,4-6,8-13H2,1H3,(H,21,23). The van der Waals surface area contributed by atoms with E-state index in [0.29, 0.717) is 5.41 Å². The third-order valence-electron chi connectivity index (χ3n) is 5.40. The molecule has 0 bridgehead atoms. The predicted molar refractivity (Wildman–Crippen MR) is 89.4 cm³/mol. The molecule has 1 aliphatic heterocycles. The van der Waals surface area contributed by atoms with Gasteiger partial charge in [0.2, 0.25) is 0 Å². The van der Waals surface area contributed by atoms with Gasteiger partial charge in [-0.2, -0.15) is 0 Å². The zero-order valence-corrected chi connectivity index (χ0v) is 14.3. The lowest BCUT2D eigenvalue weighted by Crippen LogP contribution is -2.54. The van der Waals surface area contributed by atoms with Crippen LogP contribution in [0.2, 0.25) is 0 Å². The van der Waals surface area contributed by atoms with E-state index in [9.17, 15) is 9.18 Å². The van der Waals surface area contributed by atoms with Crippen LogP contribution in [0.4, 0.5) is 9.18 Å². The Kier molecular flexibility index (Phi) is 5.33. The number of hydrogen-bond acceptors (Lipinski definition) is 4. The highest BCUT2D eigenvalue weighted by Gasteiger charge is 2.46. The molecule has 2 heterocycles. The van der Waals surface area contributed by atoms with E-state index in [1.165, 1.54) is 5.56 Å². The third-order valence-corrected chi connectivity index (χ3v) is 5.40. The summed E-state index contributed by atoms with van der Waals surface area (Å²) in [6, 6.07) is 4.27. The lowest BCUT2D eigenvalue weighted by atomic mass is 9.60. The average Bonchev–Trinajstić information content (AvgIpc) is 2.55. The summed E-state index contributed by atoms with van der Waals surface area (Å²) < 4.78 is 16.7. The van der Waals surface area contributed by atoms with Gasteiger partial charge in [-0.1, -0.05) is 6.07 Å². The van der Waals surface area contributed by atoms with Crippen molar-refractivity contribution in [1.29, 1.82) is 0 Å². The van der Waals surface area contributed by atoms with E-state index in [-0.39, 0.29) is 12.6 Å². The van der Waals surface area contributed by atoms with Gasteiger partial charge in [-0.05, 0) is 62.7 Å². The zero-order valence-electron chi connectivity index (χ0n) is 14.3. The fourth-order valence-electron chi connectivity index (χ4n) is 3.92. The topological polar surface area (TPSA) is 54.5 Å². The number of likely N-dealkylation sites (tertiary alicyclic amines) is 1. The van der Waals surface area contributed by atoms with Crippen molar-refractivity contribution in [2.24, 2.45) is 5.41 Å². The summed E-state index contributed by atoms with van der Waals surface area (Å²) in [4.78, 5) is 18.4. The first-order chi connectivity index (χ1) is 11.6. The number of ether oxygens (including phenoxy) is 1. The number of nitrogens with one attached hydrogen (secondary N) is 1. The Morgan fingerprint density at radius 2 is 2.21 bits per heavy atom. The summed E-state index contributed by atoms with van der Waals surface area (Å²) in [7, 11) is 0. The van der Waals surface area contributed by atoms with Crippen LogP contribution in [-0.2, 0) is 11.3 Å². The van der Waals surface area contributed by atoms with E-state index in [1.54, 1.807) is 0 Å². The highest BCUT2D eigenvalue weighted by Crippen LogP contribution is 2.49. The summed E-state index contributed by atoms with van der Waals surface area (Å²) in [6.07, 6.45) is 5.71. The molecule has 0 unspecified atom stereocenters. The van der Waals surface area contributed by atoms with Gasteiger partial charge in [0.25, 0.3) is 0 Å². The maximum Gasteiger partial charge on any atom is 0.407 e. The average molecular weight is 335 g/mol. The Morgan fingerprint density at radius 1 is 1.46 bits per heavy atom. The first kappa shape index (κ1) is 17.1. The third kappa shape index (κ3) is 4.04. The molecule has 1 saturated heterocycles. The van der Waals surface area contributed by atoms with Crippen LogP contribution < -0.4 is 5.32 Å². The second kappa shape index (κ2) is 7.47.